The smallest absolute Gasteiger partial charge is 0.0515 e. The van der Waals surface area contributed by atoms with E-state index in [1.807, 2.05) is 28.2 Å². The molecule has 0 aliphatic rings. The second-order valence-electron chi connectivity index (χ2n) is 3.90. The first kappa shape index (κ1) is 15.0. The maximum absolute atomic E-state index is 5.48. The van der Waals surface area contributed by atoms with Crippen molar-refractivity contribution in [3.8, 4) is 0 Å². The third-order valence-electron chi connectivity index (χ3n) is 1.90. The summed E-state index contributed by atoms with van der Waals surface area (Å²) in [7, 11) is 7.34. The highest BCUT2D eigenvalue weighted by Crippen LogP contribution is 1.90. The summed E-state index contributed by atoms with van der Waals surface area (Å²) in [6.45, 7) is 2.96. The molecule has 0 spiro atoms. The van der Waals surface area contributed by atoms with Crippen molar-refractivity contribution >= 4 is 0 Å². The van der Waals surface area contributed by atoms with Crippen LogP contribution in [0, 0.1) is 0 Å². The lowest BCUT2D eigenvalue weighted by Crippen LogP contribution is -2.34. The molecule has 0 amide bonds. The molecule has 8 heteroatoms. The summed E-state index contributed by atoms with van der Waals surface area (Å²) >= 11 is 0. The van der Waals surface area contributed by atoms with Crippen molar-refractivity contribution in [2.75, 3.05) is 54.4 Å². The standard InChI is InChI=1S/C8H24N8/c1-13(9)5-7-15(3)11-12-16(4)8-6-14(2)10/h5-10H2,1-4H3/b12-11+. The Morgan fingerprint density at radius 2 is 1.00 bits per heavy atom. The molecule has 0 bridgehead atoms. The highest BCUT2D eigenvalue weighted by molar-refractivity contribution is 4.47. The van der Waals surface area contributed by atoms with Crippen molar-refractivity contribution in [1.29, 1.82) is 0 Å². The van der Waals surface area contributed by atoms with Crippen LogP contribution in [-0.2, 0) is 0 Å². The fraction of sp³-hybridized carbons (Fsp3) is 1.00. The van der Waals surface area contributed by atoms with E-state index in [1.165, 1.54) is 0 Å². The average Bonchev–Trinajstić information content (AvgIpc) is 2.20. The monoisotopic (exact) mass is 232 g/mol. The topological polar surface area (TPSA) is 89.7 Å². The van der Waals surface area contributed by atoms with E-state index in [0.717, 1.165) is 26.2 Å². The molecule has 0 aromatic rings. The van der Waals surface area contributed by atoms with Crippen LogP contribution in [0.2, 0.25) is 0 Å². The third-order valence-corrected chi connectivity index (χ3v) is 1.90. The zero-order chi connectivity index (χ0) is 12.6. The number of nitrogens with zero attached hydrogens (tertiary/aromatic N) is 6. The Hall–Kier alpha value is -0.960. The van der Waals surface area contributed by atoms with Gasteiger partial charge in [-0.1, -0.05) is 10.4 Å². The molecule has 0 aromatic heterocycles. The van der Waals surface area contributed by atoms with Crippen LogP contribution < -0.4 is 11.7 Å². The SMILES string of the molecule is CN(N)CCN(C)/N=N/N(C)CCN(C)N. The number of hydrogen-bond donors (Lipinski definition) is 2. The van der Waals surface area contributed by atoms with Crippen molar-refractivity contribution < 1.29 is 0 Å². The Morgan fingerprint density at radius 3 is 1.25 bits per heavy atom. The van der Waals surface area contributed by atoms with Crippen molar-refractivity contribution in [3.63, 3.8) is 0 Å². The van der Waals surface area contributed by atoms with Crippen molar-refractivity contribution in [2.24, 2.45) is 22.1 Å². The maximum atomic E-state index is 5.48. The van der Waals surface area contributed by atoms with Crippen LogP contribution in [0.25, 0.3) is 0 Å². The molecule has 0 aliphatic heterocycles. The number of hydrogen-bond acceptors (Lipinski definition) is 6. The fourth-order valence-corrected chi connectivity index (χ4v) is 0.831. The molecule has 0 atom stereocenters. The van der Waals surface area contributed by atoms with Gasteiger partial charge in [-0.2, -0.15) is 0 Å². The Bertz CT molecular complexity index is 172. The van der Waals surface area contributed by atoms with Gasteiger partial charge in [0.1, 0.15) is 0 Å². The van der Waals surface area contributed by atoms with E-state index in [4.69, 9.17) is 11.7 Å². The third kappa shape index (κ3) is 9.59. The molecule has 0 aliphatic carbocycles. The molecular weight excluding hydrogens is 208 g/mol. The number of hydrazine groups is 2. The van der Waals surface area contributed by atoms with Crippen molar-refractivity contribution in [2.45, 2.75) is 0 Å². The lowest BCUT2D eigenvalue weighted by Gasteiger charge is -2.18. The normalized spacial score (nSPS) is 11.8. The van der Waals surface area contributed by atoms with Crippen molar-refractivity contribution in [1.82, 2.24) is 20.0 Å². The van der Waals surface area contributed by atoms with E-state index in [-0.39, 0.29) is 0 Å². The van der Waals surface area contributed by atoms with Gasteiger partial charge in [0.15, 0.2) is 0 Å². The maximum Gasteiger partial charge on any atom is 0.0515 e. The quantitative estimate of drug-likeness (QED) is 0.308. The van der Waals surface area contributed by atoms with Gasteiger partial charge >= 0.3 is 0 Å². The average molecular weight is 232 g/mol. The molecule has 0 fully saturated rings. The van der Waals surface area contributed by atoms with E-state index in [9.17, 15) is 0 Å². The van der Waals surface area contributed by atoms with Gasteiger partial charge in [0.2, 0.25) is 0 Å². The number of nitrogens with two attached hydrogens (primary N) is 2. The van der Waals surface area contributed by atoms with E-state index < -0.39 is 0 Å². The van der Waals surface area contributed by atoms with Crippen LogP contribution in [0.4, 0.5) is 0 Å². The Labute approximate surface area is 97.3 Å². The van der Waals surface area contributed by atoms with Gasteiger partial charge in [-0.3, -0.25) is 21.7 Å². The second-order valence-corrected chi connectivity index (χ2v) is 3.90. The first-order valence-electron chi connectivity index (χ1n) is 5.17. The van der Waals surface area contributed by atoms with Gasteiger partial charge in [-0.15, -0.1) is 0 Å². The lowest BCUT2D eigenvalue weighted by atomic mass is 10.6. The predicted molar refractivity (Wildman–Crippen MR) is 63.8 cm³/mol. The van der Waals surface area contributed by atoms with E-state index >= 15 is 0 Å². The van der Waals surface area contributed by atoms with Crippen LogP contribution in [0.1, 0.15) is 0 Å². The second kappa shape index (κ2) is 8.22. The highest BCUT2D eigenvalue weighted by Gasteiger charge is 1.98. The van der Waals surface area contributed by atoms with Gasteiger partial charge < -0.3 is 0 Å². The lowest BCUT2D eigenvalue weighted by molar-refractivity contribution is 0.208. The predicted octanol–water partition coefficient (Wildman–Crippen LogP) is -1.26. The van der Waals surface area contributed by atoms with Crippen LogP contribution in [-0.4, -0.2) is 74.4 Å². The largest absolute Gasteiger partial charge is 0.279 e. The van der Waals surface area contributed by atoms with Gasteiger partial charge in [0.25, 0.3) is 0 Å². The molecule has 0 unspecified atom stereocenters. The van der Waals surface area contributed by atoms with Gasteiger partial charge in [0, 0.05) is 41.3 Å². The first-order valence-corrected chi connectivity index (χ1v) is 5.17. The van der Waals surface area contributed by atoms with Crippen LogP contribution in [0.15, 0.2) is 10.4 Å². The summed E-state index contributed by atoms with van der Waals surface area (Å²) in [6, 6.07) is 0. The van der Waals surface area contributed by atoms with Crippen LogP contribution >= 0.6 is 0 Å². The summed E-state index contributed by atoms with van der Waals surface area (Å²) in [5.41, 5.74) is 0. The molecular formula is C8H24N8. The summed E-state index contributed by atoms with van der Waals surface area (Å²) in [5, 5.41) is 14.7. The van der Waals surface area contributed by atoms with Gasteiger partial charge in [-0.25, -0.2) is 10.0 Å². The summed E-state index contributed by atoms with van der Waals surface area (Å²) in [5.74, 6) is 11.0. The molecule has 0 heterocycles. The molecule has 4 N–H and O–H groups in total. The summed E-state index contributed by atoms with van der Waals surface area (Å²) in [6.07, 6.45) is 0. The molecule has 0 aromatic carbocycles. The highest BCUT2D eigenvalue weighted by atomic mass is 15.7. The van der Waals surface area contributed by atoms with E-state index in [1.54, 1.807) is 20.0 Å². The first-order chi connectivity index (χ1) is 7.41. The Balaban J connectivity index is 3.70. The van der Waals surface area contributed by atoms with Crippen molar-refractivity contribution in [3.05, 3.63) is 0 Å². The minimum Gasteiger partial charge on any atom is -0.279 e. The van der Waals surface area contributed by atoms with Crippen LogP contribution in [0.5, 0.6) is 0 Å². The van der Waals surface area contributed by atoms with Gasteiger partial charge in [-0.05, 0) is 0 Å². The van der Waals surface area contributed by atoms with Crippen LogP contribution in [0.3, 0.4) is 0 Å². The molecule has 0 saturated heterocycles. The summed E-state index contributed by atoms with van der Waals surface area (Å²) < 4.78 is 0. The Morgan fingerprint density at radius 1 is 0.688 bits per heavy atom. The molecule has 0 saturated carbocycles. The molecule has 0 rings (SSSR count). The molecule has 8 nitrogen and oxygen atoms in total. The summed E-state index contributed by atoms with van der Waals surface area (Å²) in [4.78, 5) is 0. The Kier molecular flexibility index (Phi) is 7.73. The molecule has 16 heavy (non-hydrogen) atoms. The van der Waals surface area contributed by atoms with Gasteiger partial charge in [0.05, 0.1) is 13.1 Å². The number of likely N-dealkylation sites (N-methyl/N-ethyl adjacent to an activating group) is 4. The van der Waals surface area contributed by atoms with E-state index in [2.05, 4.69) is 10.4 Å². The fourth-order valence-electron chi connectivity index (χ4n) is 0.831. The zero-order valence-corrected chi connectivity index (χ0v) is 10.7. The number of rotatable bonds is 8. The minimum absolute atomic E-state index is 0.737. The zero-order valence-electron chi connectivity index (χ0n) is 10.7. The van der Waals surface area contributed by atoms with E-state index in [0.29, 0.717) is 0 Å². The minimum atomic E-state index is 0.737. The molecule has 0 radical (unpaired) electrons. The molecule has 96 valence electrons.